The number of nitrogens with one attached hydrogen (secondary N) is 1. The van der Waals surface area contributed by atoms with Crippen LogP contribution in [0.5, 0.6) is 5.75 Å². The molecule has 2 aromatic heterocycles. The molecular formula is C16H14F3N3O2S. The topological polar surface area (TPSA) is 67.9 Å². The summed E-state index contributed by atoms with van der Waals surface area (Å²) < 4.78 is 109. The highest BCUT2D eigenvalue weighted by molar-refractivity contribution is 7.84. The molecule has 0 saturated heterocycles. The highest BCUT2D eigenvalue weighted by atomic mass is 32.2. The highest BCUT2D eigenvalue weighted by Crippen LogP contribution is 2.24. The highest BCUT2D eigenvalue weighted by Gasteiger charge is 2.29. The number of hydrogen-bond donors (Lipinski definition) is 1. The number of aromatic amines is 1. The Labute approximate surface area is 153 Å². The summed E-state index contributed by atoms with van der Waals surface area (Å²) in [5.74, 6) is -2.01. The summed E-state index contributed by atoms with van der Waals surface area (Å²) in [7, 11) is -2.07. The fourth-order valence-corrected chi connectivity index (χ4v) is 2.93. The van der Waals surface area contributed by atoms with E-state index in [4.69, 9.17) is 9.60 Å². The number of pyridine rings is 1. The van der Waals surface area contributed by atoms with Gasteiger partial charge in [0, 0.05) is 15.8 Å². The van der Waals surface area contributed by atoms with E-state index in [2.05, 4.69) is 19.7 Å². The maximum absolute atomic E-state index is 13.0. The minimum atomic E-state index is -5.56. The Morgan fingerprint density at radius 1 is 1.44 bits per heavy atom. The van der Waals surface area contributed by atoms with Gasteiger partial charge in [0.15, 0.2) is 11.7 Å². The zero-order valence-electron chi connectivity index (χ0n) is 19.3. The second-order valence-corrected chi connectivity index (χ2v) is 6.12. The number of H-pyrrole nitrogens is 1. The molecule has 0 bridgehead atoms. The van der Waals surface area contributed by atoms with E-state index in [0.29, 0.717) is 11.0 Å². The van der Waals surface area contributed by atoms with Crippen molar-refractivity contribution in [2.24, 2.45) is 0 Å². The Balaban J connectivity index is 2.11. The number of imidazole rings is 1. The summed E-state index contributed by atoms with van der Waals surface area (Å²) in [6.45, 7) is -7.58. The molecule has 2 heterocycles. The van der Waals surface area contributed by atoms with Crippen LogP contribution in [0.3, 0.4) is 0 Å². The van der Waals surface area contributed by atoms with Gasteiger partial charge in [-0.15, -0.1) is 0 Å². The van der Waals surface area contributed by atoms with Gasteiger partial charge in [0.1, 0.15) is 5.75 Å². The standard InChI is InChI=1S/C16H14F3N3O2S/c1-10-13(20-7-6-14(10)24-9-16(17,18)19)8-25(23)15-21-11-4-2-3-5-12(11)22-15/h2-7H,8-9H2,1H3,(H,21,22)/i1D3,6D,7D,9D2. The number of para-hydroxylation sites is 2. The quantitative estimate of drug-likeness (QED) is 0.740. The normalized spacial score (nSPS) is 18.3. The van der Waals surface area contributed by atoms with Gasteiger partial charge >= 0.3 is 6.18 Å². The zero-order chi connectivity index (χ0) is 24.1. The molecule has 0 saturated carbocycles. The average molecular weight is 376 g/mol. The summed E-state index contributed by atoms with van der Waals surface area (Å²) in [5.41, 5.74) is -0.635. The van der Waals surface area contributed by atoms with Crippen LogP contribution >= 0.6 is 0 Å². The van der Waals surface area contributed by atoms with Crippen molar-refractivity contribution in [2.75, 3.05) is 6.56 Å². The summed E-state index contributed by atoms with van der Waals surface area (Å²) in [6.07, 6.45) is -6.53. The summed E-state index contributed by atoms with van der Waals surface area (Å²) >= 11 is 0. The molecule has 5 nitrogen and oxygen atoms in total. The molecule has 0 spiro atoms. The molecule has 0 aliphatic heterocycles. The van der Waals surface area contributed by atoms with E-state index in [0.717, 1.165) is 0 Å². The van der Waals surface area contributed by atoms with Gasteiger partial charge in [-0.25, -0.2) is 4.98 Å². The lowest BCUT2D eigenvalue weighted by Gasteiger charge is -2.13. The average Bonchev–Trinajstić information content (AvgIpc) is 3.08. The maximum Gasteiger partial charge on any atom is 0.422 e. The van der Waals surface area contributed by atoms with E-state index < -0.39 is 65.4 Å². The monoisotopic (exact) mass is 376 g/mol. The van der Waals surface area contributed by atoms with Crippen molar-refractivity contribution in [3.8, 4) is 5.75 Å². The Hall–Kier alpha value is -2.42. The van der Waals surface area contributed by atoms with E-state index >= 15 is 0 Å². The predicted octanol–water partition coefficient (Wildman–Crippen LogP) is 3.52. The lowest BCUT2D eigenvalue weighted by molar-refractivity contribution is -0.153. The fraction of sp³-hybridized carbons (Fsp3) is 0.250. The smallest absolute Gasteiger partial charge is 0.422 e. The summed E-state index contributed by atoms with van der Waals surface area (Å²) in [6, 6.07) is 5.50. The number of benzene rings is 1. The van der Waals surface area contributed by atoms with Crippen LogP contribution in [0.15, 0.2) is 41.6 Å². The van der Waals surface area contributed by atoms with E-state index in [1.807, 2.05) is 0 Å². The van der Waals surface area contributed by atoms with Crippen molar-refractivity contribution in [2.45, 2.75) is 23.9 Å². The van der Waals surface area contributed by atoms with Crippen molar-refractivity contribution in [3.63, 3.8) is 0 Å². The van der Waals surface area contributed by atoms with Crippen LogP contribution in [-0.2, 0) is 16.6 Å². The molecule has 9 heteroatoms. The van der Waals surface area contributed by atoms with Crippen molar-refractivity contribution in [3.05, 3.63) is 47.7 Å². The van der Waals surface area contributed by atoms with Crippen molar-refractivity contribution in [1.29, 1.82) is 0 Å². The SMILES string of the molecule is [2H]c1nc(CS(=O)c2nc3ccccc3[nH]2)c(C([2H])([2H])[2H])c(OC([2H])([2H])C(F)(F)F)c1[2H]. The molecule has 3 rings (SSSR count). The van der Waals surface area contributed by atoms with Crippen LogP contribution in [0.2, 0.25) is 0 Å². The van der Waals surface area contributed by atoms with Gasteiger partial charge in [-0.3, -0.25) is 9.19 Å². The van der Waals surface area contributed by atoms with Gasteiger partial charge in [-0.2, -0.15) is 13.2 Å². The van der Waals surface area contributed by atoms with Gasteiger partial charge in [0.05, 0.1) is 38.8 Å². The van der Waals surface area contributed by atoms with E-state index in [-0.39, 0.29) is 5.16 Å². The van der Waals surface area contributed by atoms with Crippen LogP contribution in [0, 0.1) is 6.85 Å². The van der Waals surface area contributed by atoms with Crippen LogP contribution in [0.4, 0.5) is 13.2 Å². The Morgan fingerprint density at radius 2 is 2.24 bits per heavy atom. The number of aromatic nitrogens is 3. The number of fused-ring (bicyclic) bond motifs is 1. The van der Waals surface area contributed by atoms with Crippen LogP contribution in [-0.4, -0.2) is 31.9 Å². The Bertz CT molecular complexity index is 1170. The first-order chi connectivity index (χ1) is 14.6. The molecule has 0 aliphatic rings. The lowest BCUT2D eigenvalue weighted by atomic mass is 10.2. The van der Waals surface area contributed by atoms with Crippen molar-refractivity contribution < 1.29 is 31.7 Å². The number of hydrogen-bond acceptors (Lipinski definition) is 4. The molecule has 1 N–H and O–H groups in total. The molecule has 0 aliphatic carbocycles. The third-order valence-corrected chi connectivity index (χ3v) is 4.16. The van der Waals surface area contributed by atoms with Crippen LogP contribution < -0.4 is 4.74 Å². The van der Waals surface area contributed by atoms with Gasteiger partial charge in [-0.1, -0.05) is 12.1 Å². The van der Waals surface area contributed by atoms with Crippen LogP contribution in [0.1, 0.15) is 20.9 Å². The number of rotatable bonds is 5. The molecule has 1 unspecified atom stereocenters. The minimum Gasteiger partial charge on any atom is -0.484 e. The number of alkyl halides is 3. The maximum atomic E-state index is 13.0. The second kappa shape index (κ2) is 6.83. The molecule has 0 radical (unpaired) electrons. The van der Waals surface area contributed by atoms with Gasteiger partial charge in [-0.05, 0) is 25.0 Å². The molecule has 132 valence electrons. The van der Waals surface area contributed by atoms with Gasteiger partial charge in [0.2, 0.25) is 0 Å². The summed E-state index contributed by atoms with van der Waals surface area (Å²) in [4.78, 5) is 10.5. The van der Waals surface area contributed by atoms with E-state index in [1.165, 1.54) is 0 Å². The molecule has 1 atom stereocenters. The minimum absolute atomic E-state index is 0.0703. The first kappa shape index (κ1) is 10.5. The number of nitrogens with zero attached hydrogens (tertiary/aromatic N) is 2. The third-order valence-electron chi connectivity index (χ3n) is 3.00. The molecule has 0 fully saturated rings. The lowest BCUT2D eigenvalue weighted by Crippen LogP contribution is -2.19. The molecule has 3 aromatic rings. The predicted molar refractivity (Wildman–Crippen MR) is 86.7 cm³/mol. The molecular weight excluding hydrogens is 355 g/mol. The van der Waals surface area contributed by atoms with E-state index in [1.54, 1.807) is 24.3 Å². The number of ether oxygens (including phenoxy) is 1. The summed E-state index contributed by atoms with van der Waals surface area (Å²) in [5, 5.41) is -0.0703. The van der Waals surface area contributed by atoms with Gasteiger partial charge < -0.3 is 9.72 Å². The Morgan fingerprint density at radius 3 is 2.96 bits per heavy atom. The van der Waals surface area contributed by atoms with E-state index in [9.17, 15) is 17.4 Å². The first-order valence-electron chi connectivity index (χ1n) is 10.2. The second-order valence-electron chi connectivity index (χ2n) is 4.75. The van der Waals surface area contributed by atoms with Crippen LogP contribution in [0.25, 0.3) is 11.0 Å². The molecule has 0 amide bonds. The molecule has 25 heavy (non-hydrogen) atoms. The number of halogens is 3. The fourth-order valence-electron chi connectivity index (χ4n) is 1.92. The Kier molecular flexibility index (Phi) is 2.88. The first-order valence-corrected chi connectivity index (χ1v) is 8.03. The van der Waals surface area contributed by atoms with Crippen molar-refractivity contribution >= 4 is 21.8 Å². The van der Waals surface area contributed by atoms with Gasteiger partial charge in [0.25, 0.3) is 0 Å². The largest absolute Gasteiger partial charge is 0.484 e. The van der Waals surface area contributed by atoms with Crippen molar-refractivity contribution in [1.82, 2.24) is 15.0 Å². The third kappa shape index (κ3) is 4.16. The molecule has 1 aromatic carbocycles. The zero-order valence-corrected chi connectivity index (χ0v) is 13.1.